The lowest BCUT2D eigenvalue weighted by Gasteiger charge is -2.35. The molecule has 7 nitrogen and oxygen atoms in total. The molecule has 1 aliphatic heterocycles. The summed E-state index contributed by atoms with van der Waals surface area (Å²) in [5.74, 6) is -1.26. The summed E-state index contributed by atoms with van der Waals surface area (Å²) in [5.41, 5.74) is 3.96. The van der Waals surface area contributed by atoms with Crippen molar-refractivity contribution in [3.63, 3.8) is 0 Å². The monoisotopic (exact) mass is 464 g/mol. The number of carboxylic acids is 1. The number of fused-ring (bicyclic) bond motifs is 3. The van der Waals surface area contributed by atoms with Crippen LogP contribution in [0.2, 0.25) is 0 Å². The van der Waals surface area contributed by atoms with E-state index in [-0.39, 0.29) is 30.9 Å². The van der Waals surface area contributed by atoms with Gasteiger partial charge in [0.05, 0.1) is 6.42 Å². The van der Waals surface area contributed by atoms with E-state index in [9.17, 15) is 19.5 Å². The highest BCUT2D eigenvalue weighted by Gasteiger charge is 2.40. The molecule has 34 heavy (non-hydrogen) atoms. The van der Waals surface area contributed by atoms with Crippen molar-refractivity contribution in [1.82, 2.24) is 10.2 Å². The summed E-state index contributed by atoms with van der Waals surface area (Å²) in [5, 5.41) is 12.0. The van der Waals surface area contributed by atoms with Crippen molar-refractivity contribution in [3.8, 4) is 11.1 Å². The number of amides is 2. The van der Waals surface area contributed by atoms with E-state index in [1.54, 1.807) is 4.90 Å². The zero-order chi connectivity index (χ0) is 24.5. The zero-order valence-corrected chi connectivity index (χ0v) is 19.9. The number of carbonyl (C=O) groups excluding carboxylic acids is 2. The average Bonchev–Trinajstić information content (AvgIpc) is 3.37. The predicted octanol–water partition coefficient (Wildman–Crippen LogP) is 4.41. The second kappa shape index (κ2) is 9.49. The van der Waals surface area contributed by atoms with Crippen molar-refractivity contribution in [2.75, 3.05) is 13.2 Å². The number of nitrogens with one attached hydrogen (secondary N) is 1. The minimum absolute atomic E-state index is 0.0690. The number of hydrogen-bond donors (Lipinski definition) is 2. The number of carboxylic acid groups (broad SMARTS) is 1. The Morgan fingerprint density at radius 2 is 1.65 bits per heavy atom. The Balaban J connectivity index is 1.45. The second-order valence-electron chi connectivity index (χ2n) is 10.2. The van der Waals surface area contributed by atoms with Crippen molar-refractivity contribution in [2.24, 2.45) is 5.41 Å². The number of benzene rings is 2. The topological polar surface area (TPSA) is 95.9 Å². The number of carbonyl (C=O) groups is 3. The van der Waals surface area contributed by atoms with Gasteiger partial charge in [0.15, 0.2) is 0 Å². The number of ether oxygens (including phenoxy) is 1. The molecule has 2 aromatic carbocycles. The van der Waals surface area contributed by atoms with Gasteiger partial charge in [-0.1, -0.05) is 69.3 Å². The lowest BCUT2D eigenvalue weighted by Crippen LogP contribution is -2.56. The van der Waals surface area contributed by atoms with Crippen LogP contribution in [0.5, 0.6) is 0 Å². The highest BCUT2D eigenvalue weighted by molar-refractivity contribution is 5.87. The Bertz CT molecular complexity index is 1040. The summed E-state index contributed by atoms with van der Waals surface area (Å²) in [6, 6.07) is 15.1. The van der Waals surface area contributed by atoms with E-state index >= 15 is 0 Å². The first-order valence-corrected chi connectivity index (χ1v) is 11.8. The SMILES string of the molecule is CC(C)(C)C(NC(=O)OCC1c2ccccc2-c2ccccc21)C(=O)N1CCC[C@@H]1CC(=O)O. The number of alkyl carbamates (subject to hydrolysis) is 1. The molecular weight excluding hydrogens is 432 g/mol. The number of rotatable bonds is 6. The number of hydrogen-bond acceptors (Lipinski definition) is 4. The third kappa shape index (κ3) is 4.79. The molecule has 0 bridgehead atoms. The van der Waals surface area contributed by atoms with E-state index in [1.807, 2.05) is 45.0 Å². The molecule has 1 heterocycles. The molecule has 0 radical (unpaired) electrons. The quantitative estimate of drug-likeness (QED) is 0.660. The normalized spacial score (nSPS) is 18.2. The van der Waals surface area contributed by atoms with Gasteiger partial charge in [0.25, 0.3) is 0 Å². The molecule has 1 unspecified atom stereocenters. The summed E-state index contributed by atoms with van der Waals surface area (Å²) >= 11 is 0. The maximum atomic E-state index is 13.4. The summed E-state index contributed by atoms with van der Waals surface area (Å²) in [7, 11) is 0. The molecule has 2 aromatic rings. The highest BCUT2D eigenvalue weighted by Crippen LogP contribution is 2.44. The Morgan fingerprint density at radius 3 is 2.21 bits per heavy atom. The summed E-state index contributed by atoms with van der Waals surface area (Å²) in [6.45, 7) is 6.29. The van der Waals surface area contributed by atoms with Gasteiger partial charge in [0.2, 0.25) is 5.91 Å². The first-order valence-electron chi connectivity index (χ1n) is 11.8. The lowest BCUT2D eigenvalue weighted by molar-refractivity contribution is -0.141. The Labute approximate surface area is 200 Å². The molecule has 0 aromatic heterocycles. The van der Waals surface area contributed by atoms with Crippen LogP contribution in [-0.2, 0) is 14.3 Å². The van der Waals surface area contributed by atoms with Crippen molar-refractivity contribution < 1.29 is 24.2 Å². The third-order valence-corrected chi connectivity index (χ3v) is 6.79. The van der Waals surface area contributed by atoms with Crippen LogP contribution in [0.1, 0.15) is 57.1 Å². The van der Waals surface area contributed by atoms with Crippen molar-refractivity contribution in [3.05, 3.63) is 59.7 Å². The van der Waals surface area contributed by atoms with E-state index in [4.69, 9.17) is 4.74 Å². The largest absolute Gasteiger partial charge is 0.481 e. The molecule has 1 aliphatic carbocycles. The highest BCUT2D eigenvalue weighted by atomic mass is 16.5. The second-order valence-corrected chi connectivity index (χ2v) is 10.2. The Kier molecular flexibility index (Phi) is 6.64. The van der Waals surface area contributed by atoms with Gasteiger partial charge < -0.3 is 20.1 Å². The molecule has 0 saturated carbocycles. The van der Waals surface area contributed by atoms with Crippen LogP contribution < -0.4 is 5.32 Å². The standard InChI is InChI=1S/C27H32N2O5/c1-27(2,3)24(25(32)29-14-8-9-17(29)15-23(30)31)28-26(33)34-16-22-20-12-6-4-10-18(20)19-11-5-7-13-21(19)22/h4-7,10-13,17,22,24H,8-9,14-16H2,1-3H3,(H,28,33)(H,30,31)/t17-,24?/m1/s1. The number of aliphatic carboxylic acids is 1. The molecule has 1 fully saturated rings. The maximum Gasteiger partial charge on any atom is 0.407 e. The van der Waals surface area contributed by atoms with Crippen LogP contribution >= 0.6 is 0 Å². The zero-order valence-electron chi connectivity index (χ0n) is 19.9. The molecule has 2 amide bonds. The van der Waals surface area contributed by atoms with Crippen LogP contribution in [0.3, 0.4) is 0 Å². The van der Waals surface area contributed by atoms with Gasteiger partial charge in [-0.3, -0.25) is 9.59 Å². The fourth-order valence-electron chi connectivity index (χ4n) is 5.11. The first kappa shape index (κ1) is 23.8. The van der Waals surface area contributed by atoms with Crippen molar-refractivity contribution >= 4 is 18.0 Å². The minimum Gasteiger partial charge on any atom is -0.481 e. The lowest BCUT2D eigenvalue weighted by atomic mass is 9.85. The smallest absolute Gasteiger partial charge is 0.407 e. The van der Waals surface area contributed by atoms with E-state index < -0.39 is 23.5 Å². The van der Waals surface area contributed by atoms with Gasteiger partial charge in [-0.15, -0.1) is 0 Å². The molecule has 2 aliphatic rings. The molecule has 180 valence electrons. The first-order chi connectivity index (χ1) is 16.2. The minimum atomic E-state index is -0.929. The fourth-order valence-corrected chi connectivity index (χ4v) is 5.11. The van der Waals surface area contributed by atoms with Crippen LogP contribution in [0.15, 0.2) is 48.5 Å². The Morgan fingerprint density at radius 1 is 1.06 bits per heavy atom. The van der Waals surface area contributed by atoms with Crippen LogP contribution in [-0.4, -0.2) is 53.2 Å². The van der Waals surface area contributed by atoms with Crippen molar-refractivity contribution in [1.29, 1.82) is 0 Å². The molecule has 4 rings (SSSR count). The maximum absolute atomic E-state index is 13.4. The summed E-state index contributed by atoms with van der Waals surface area (Å²) in [4.78, 5) is 39.1. The van der Waals surface area contributed by atoms with E-state index in [1.165, 1.54) is 0 Å². The van der Waals surface area contributed by atoms with Gasteiger partial charge in [0, 0.05) is 18.5 Å². The molecule has 2 N–H and O–H groups in total. The van der Waals surface area contributed by atoms with Crippen LogP contribution in [0.25, 0.3) is 11.1 Å². The summed E-state index contributed by atoms with van der Waals surface area (Å²) < 4.78 is 5.65. The fraction of sp³-hybridized carbons (Fsp3) is 0.444. The van der Waals surface area contributed by atoms with Crippen LogP contribution in [0, 0.1) is 5.41 Å². The molecule has 1 saturated heterocycles. The van der Waals surface area contributed by atoms with E-state index in [0.717, 1.165) is 28.7 Å². The molecular formula is C27H32N2O5. The molecule has 0 spiro atoms. The van der Waals surface area contributed by atoms with Gasteiger partial charge in [-0.25, -0.2) is 4.79 Å². The van der Waals surface area contributed by atoms with Gasteiger partial charge >= 0.3 is 12.1 Å². The summed E-state index contributed by atoms with van der Waals surface area (Å²) in [6.07, 6.45) is 0.669. The average molecular weight is 465 g/mol. The van der Waals surface area contributed by atoms with Crippen molar-refractivity contribution in [2.45, 2.75) is 58.0 Å². The Hall–Kier alpha value is -3.35. The van der Waals surface area contributed by atoms with E-state index in [2.05, 4.69) is 29.6 Å². The number of likely N-dealkylation sites (tertiary alicyclic amines) is 1. The van der Waals surface area contributed by atoms with Gasteiger partial charge in [0.1, 0.15) is 12.6 Å². The number of nitrogens with zero attached hydrogens (tertiary/aromatic N) is 1. The van der Waals surface area contributed by atoms with Gasteiger partial charge in [-0.2, -0.15) is 0 Å². The molecule has 7 heteroatoms. The predicted molar refractivity (Wildman–Crippen MR) is 128 cm³/mol. The van der Waals surface area contributed by atoms with Crippen LogP contribution in [0.4, 0.5) is 4.79 Å². The van der Waals surface area contributed by atoms with Gasteiger partial charge in [-0.05, 0) is 40.5 Å². The third-order valence-electron chi connectivity index (χ3n) is 6.79. The molecule has 2 atom stereocenters. The van der Waals surface area contributed by atoms with E-state index in [0.29, 0.717) is 13.0 Å².